The van der Waals surface area contributed by atoms with E-state index >= 15 is 0 Å². The van der Waals surface area contributed by atoms with E-state index in [0.717, 1.165) is 51.8 Å². The third kappa shape index (κ3) is 5.81. The molecule has 0 spiro atoms. The molecule has 0 atom stereocenters. The molecule has 4 aromatic rings. The second-order valence-corrected chi connectivity index (χ2v) is 8.88. The van der Waals surface area contributed by atoms with Crippen molar-refractivity contribution < 1.29 is 4.74 Å². The Morgan fingerprint density at radius 3 is 1.83 bits per heavy atom. The van der Waals surface area contributed by atoms with Crippen molar-refractivity contribution in [3.05, 3.63) is 84.4 Å². The van der Waals surface area contributed by atoms with Crippen LogP contribution in [0.3, 0.4) is 0 Å². The number of aromatic amines is 1. The summed E-state index contributed by atoms with van der Waals surface area (Å²) < 4.78 is 5.38. The number of imidazole rings is 1. The minimum atomic E-state index is 0.627. The maximum absolute atomic E-state index is 5.38. The fraction of sp³-hybridized carbons (Fsp3) is 0.233. The highest BCUT2D eigenvalue weighted by Gasteiger charge is 2.16. The second-order valence-electron chi connectivity index (χ2n) is 8.88. The van der Waals surface area contributed by atoms with E-state index in [-0.39, 0.29) is 0 Å². The van der Waals surface area contributed by atoms with E-state index < -0.39 is 0 Å². The summed E-state index contributed by atoms with van der Waals surface area (Å²) in [6.45, 7) is 3.35. The van der Waals surface area contributed by atoms with Crippen molar-refractivity contribution in [2.75, 3.05) is 51.2 Å². The molecule has 1 N–H and O–H groups in total. The van der Waals surface area contributed by atoms with Crippen LogP contribution < -0.4 is 9.80 Å². The van der Waals surface area contributed by atoms with Crippen LogP contribution in [-0.4, -0.2) is 51.4 Å². The Labute approximate surface area is 208 Å². The van der Waals surface area contributed by atoms with Crippen LogP contribution in [0, 0.1) is 0 Å². The van der Waals surface area contributed by atoms with E-state index in [9.17, 15) is 0 Å². The molecule has 5 heteroatoms. The SMILES string of the molecule is CCOC/C=C/c1ccc(-c2nc(-c3ccc(N(C)C)cc3)c(-c3ccc(N(C)C)cc3)[nH]2)cc1. The van der Waals surface area contributed by atoms with Gasteiger partial charge in [0.25, 0.3) is 0 Å². The van der Waals surface area contributed by atoms with Gasteiger partial charge in [0.2, 0.25) is 0 Å². The van der Waals surface area contributed by atoms with E-state index in [4.69, 9.17) is 9.72 Å². The minimum Gasteiger partial charge on any atom is -0.378 e. The zero-order valence-corrected chi connectivity index (χ0v) is 21.2. The Bertz CT molecular complexity index is 1180. The number of rotatable bonds is 9. The van der Waals surface area contributed by atoms with Gasteiger partial charge in [0.15, 0.2) is 0 Å². The number of ether oxygens (including phenoxy) is 1. The molecule has 35 heavy (non-hydrogen) atoms. The summed E-state index contributed by atoms with van der Waals surface area (Å²) >= 11 is 0. The minimum absolute atomic E-state index is 0.627. The van der Waals surface area contributed by atoms with Crippen molar-refractivity contribution >= 4 is 17.5 Å². The van der Waals surface area contributed by atoms with E-state index in [1.54, 1.807) is 0 Å². The predicted octanol–water partition coefficient (Wildman–Crippen LogP) is 6.59. The number of aromatic nitrogens is 2. The van der Waals surface area contributed by atoms with Gasteiger partial charge in [-0.2, -0.15) is 0 Å². The lowest BCUT2D eigenvalue weighted by molar-refractivity contribution is 0.178. The number of anilines is 2. The van der Waals surface area contributed by atoms with Crippen LogP contribution in [0.4, 0.5) is 11.4 Å². The van der Waals surface area contributed by atoms with E-state index in [2.05, 4.69) is 122 Å². The average Bonchev–Trinajstić information content (AvgIpc) is 3.32. The van der Waals surface area contributed by atoms with Crippen molar-refractivity contribution in [3.63, 3.8) is 0 Å². The van der Waals surface area contributed by atoms with Crippen LogP contribution >= 0.6 is 0 Å². The molecule has 1 heterocycles. The fourth-order valence-electron chi connectivity index (χ4n) is 3.89. The largest absolute Gasteiger partial charge is 0.378 e. The van der Waals surface area contributed by atoms with Gasteiger partial charge >= 0.3 is 0 Å². The van der Waals surface area contributed by atoms with E-state index in [0.29, 0.717) is 6.61 Å². The molecule has 0 aliphatic carbocycles. The van der Waals surface area contributed by atoms with E-state index in [1.165, 1.54) is 5.69 Å². The molecule has 180 valence electrons. The lowest BCUT2D eigenvalue weighted by Gasteiger charge is -2.13. The van der Waals surface area contributed by atoms with Gasteiger partial charge < -0.3 is 19.5 Å². The molecule has 0 radical (unpaired) electrons. The first-order chi connectivity index (χ1) is 17.0. The van der Waals surface area contributed by atoms with Gasteiger partial charge in [0, 0.05) is 62.9 Å². The number of H-pyrrole nitrogens is 1. The monoisotopic (exact) mass is 466 g/mol. The van der Waals surface area contributed by atoms with Crippen molar-refractivity contribution in [3.8, 4) is 33.9 Å². The highest BCUT2D eigenvalue weighted by molar-refractivity contribution is 5.82. The standard InChI is InChI=1S/C30H34N4O/c1-6-35-21-7-8-22-9-11-25(12-10-22)30-31-28(23-13-17-26(18-14-23)33(2)3)29(32-30)24-15-19-27(20-16-24)34(4)5/h7-20H,6,21H2,1-5H3,(H,31,32)/b8-7+. The average molecular weight is 467 g/mol. The van der Waals surface area contributed by atoms with Crippen LogP contribution in [-0.2, 0) is 4.74 Å². The fourth-order valence-corrected chi connectivity index (χ4v) is 3.89. The molecule has 0 unspecified atom stereocenters. The third-order valence-corrected chi connectivity index (χ3v) is 5.95. The number of hydrogen-bond donors (Lipinski definition) is 1. The Morgan fingerprint density at radius 2 is 1.29 bits per heavy atom. The zero-order chi connectivity index (χ0) is 24.8. The molecule has 1 aromatic heterocycles. The van der Waals surface area contributed by atoms with Crippen molar-refractivity contribution in [2.24, 2.45) is 0 Å². The molecule has 0 fully saturated rings. The highest BCUT2D eigenvalue weighted by Crippen LogP contribution is 2.34. The molecule has 0 amide bonds. The Kier molecular flexibility index (Phi) is 7.68. The van der Waals surface area contributed by atoms with Crippen LogP contribution in [0.5, 0.6) is 0 Å². The molecule has 0 aliphatic rings. The van der Waals surface area contributed by atoms with Gasteiger partial charge in [-0.3, -0.25) is 0 Å². The lowest BCUT2D eigenvalue weighted by Crippen LogP contribution is -2.08. The number of benzene rings is 3. The maximum Gasteiger partial charge on any atom is 0.138 e. The summed E-state index contributed by atoms with van der Waals surface area (Å²) in [4.78, 5) is 12.9. The first kappa shape index (κ1) is 24.3. The molecule has 0 aliphatic heterocycles. The smallest absolute Gasteiger partial charge is 0.138 e. The molecule has 5 nitrogen and oxygen atoms in total. The Morgan fingerprint density at radius 1 is 0.743 bits per heavy atom. The van der Waals surface area contributed by atoms with Gasteiger partial charge in [-0.1, -0.05) is 60.7 Å². The summed E-state index contributed by atoms with van der Waals surface area (Å²) in [5, 5.41) is 0. The molecule has 4 rings (SSSR count). The summed E-state index contributed by atoms with van der Waals surface area (Å²) in [7, 11) is 8.21. The number of nitrogens with one attached hydrogen (secondary N) is 1. The molecule has 3 aromatic carbocycles. The van der Waals surface area contributed by atoms with Gasteiger partial charge in [-0.15, -0.1) is 0 Å². The topological polar surface area (TPSA) is 44.4 Å². The van der Waals surface area contributed by atoms with Gasteiger partial charge in [-0.25, -0.2) is 4.98 Å². The lowest BCUT2D eigenvalue weighted by atomic mass is 10.0. The van der Waals surface area contributed by atoms with Crippen LogP contribution in [0.1, 0.15) is 12.5 Å². The van der Waals surface area contributed by atoms with Crippen LogP contribution in [0.15, 0.2) is 78.9 Å². The molecular weight excluding hydrogens is 432 g/mol. The Balaban J connectivity index is 1.71. The quantitative estimate of drug-likeness (QED) is 0.283. The first-order valence-corrected chi connectivity index (χ1v) is 12.0. The van der Waals surface area contributed by atoms with Gasteiger partial charge in [0.05, 0.1) is 18.0 Å². The van der Waals surface area contributed by atoms with Crippen molar-refractivity contribution in [1.29, 1.82) is 0 Å². The third-order valence-electron chi connectivity index (χ3n) is 5.95. The molecular formula is C30H34N4O. The maximum atomic E-state index is 5.38. The zero-order valence-electron chi connectivity index (χ0n) is 21.2. The summed E-state index contributed by atoms with van der Waals surface area (Å²) in [5.74, 6) is 0.855. The van der Waals surface area contributed by atoms with Gasteiger partial charge in [-0.05, 0) is 36.8 Å². The summed E-state index contributed by atoms with van der Waals surface area (Å²) in [6, 6.07) is 25.5. The Hall–Kier alpha value is -3.83. The number of hydrogen-bond acceptors (Lipinski definition) is 4. The van der Waals surface area contributed by atoms with Crippen LogP contribution in [0.2, 0.25) is 0 Å². The van der Waals surface area contributed by atoms with E-state index in [1.807, 2.05) is 13.0 Å². The molecule has 0 bridgehead atoms. The van der Waals surface area contributed by atoms with Crippen molar-refractivity contribution in [2.45, 2.75) is 6.92 Å². The molecule has 0 saturated heterocycles. The van der Waals surface area contributed by atoms with Crippen molar-refractivity contribution in [1.82, 2.24) is 9.97 Å². The van der Waals surface area contributed by atoms with Gasteiger partial charge in [0.1, 0.15) is 5.82 Å². The van der Waals surface area contributed by atoms with Crippen LogP contribution in [0.25, 0.3) is 40.0 Å². The summed E-state index contributed by atoms with van der Waals surface area (Å²) in [6.07, 6.45) is 4.12. The number of nitrogens with zero attached hydrogens (tertiary/aromatic N) is 3. The molecule has 0 saturated carbocycles. The second kappa shape index (κ2) is 11.1. The first-order valence-electron chi connectivity index (χ1n) is 12.0. The summed E-state index contributed by atoms with van der Waals surface area (Å²) in [5.41, 5.74) is 8.67. The highest BCUT2D eigenvalue weighted by atomic mass is 16.5. The normalized spacial score (nSPS) is 11.2. The predicted molar refractivity (Wildman–Crippen MR) is 149 cm³/mol.